The number of hydrogen-bond donors (Lipinski definition) is 3. The molecule has 0 aliphatic carbocycles. The van der Waals surface area contributed by atoms with Crippen LogP contribution in [0.3, 0.4) is 0 Å². The van der Waals surface area contributed by atoms with Gasteiger partial charge in [0.25, 0.3) is 5.91 Å². The van der Waals surface area contributed by atoms with E-state index in [1.54, 1.807) is 56.6 Å². The Kier molecular flexibility index (Phi) is 6.98. The van der Waals surface area contributed by atoms with Crippen molar-refractivity contribution >= 4 is 34.8 Å². The van der Waals surface area contributed by atoms with E-state index in [4.69, 9.17) is 0 Å². The zero-order valence-electron chi connectivity index (χ0n) is 17.5. The maximum absolute atomic E-state index is 12.3. The molecule has 3 amide bonds. The molecule has 3 N–H and O–H groups in total. The van der Waals surface area contributed by atoms with Crippen molar-refractivity contribution in [3.05, 3.63) is 54.1 Å². The molecule has 2 rings (SSSR count). The lowest BCUT2D eigenvalue weighted by atomic mass is 9.95. The maximum atomic E-state index is 12.3. The summed E-state index contributed by atoms with van der Waals surface area (Å²) >= 11 is 0. The molecular formula is C22H28N4O3. The van der Waals surface area contributed by atoms with Crippen molar-refractivity contribution in [3.63, 3.8) is 0 Å². The van der Waals surface area contributed by atoms with Crippen LogP contribution in [-0.2, 0) is 9.59 Å². The number of carbonyl (C=O) groups excluding carboxylic acids is 3. The fourth-order valence-electron chi connectivity index (χ4n) is 2.40. The molecule has 0 aromatic heterocycles. The van der Waals surface area contributed by atoms with E-state index in [1.165, 1.54) is 4.90 Å². The number of hydrogen-bond acceptors (Lipinski definition) is 4. The summed E-state index contributed by atoms with van der Waals surface area (Å²) < 4.78 is 0. The second kappa shape index (κ2) is 9.23. The molecule has 29 heavy (non-hydrogen) atoms. The Morgan fingerprint density at radius 2 is 1.45 bits per heavy atom. The van der Waals surface area contributed by atoms with Crippen LogP contribution in [0, 0.1) is 5.41 Å². The van der Waals surface area contributed by atoms with Crippen molar-refractivity contribution in [1.82, 2.24) is 4.90 Å². The van der Waals surface area contributed by atoms with E-state index >= 15 is 0 Å². The summed E-state index contributed by atoms with van der Waals surface area (Å²) in [6.07, 6.45) is 0. The topological polar surface area (TPSA) is 90.5 Å². The lowest BCUT2D eigenvalue weighted by molar-refractivity contribution is -0.123. The molecule has 0 spiro atoms. The minimum absolute atomic E-state index is 0.0442. The lowest BCUT2D eigenvalue weighted by Gasteiger charge is -2.18. The first-order chi connectivity index (χ1) is 13.6. The fraction of sp³-hybridized carbons (Fsp3) is 0.318. The highest BCUT2D eigenvalue weighted by molar-refractivity contribution is 5.98. The Bertz CT molecular complexity index is 901. The Morgan fingerprint density at radius 1 is 0.862 bits per heavy atom. The SMILES string of the molecule is CN(C)C(=O)c1cccc(NC(=O)CNc2cccc(NC(=O)C(C)(C)C)c2)c1. The fourth-order valence-corrected chi connectivity index (χ4v) is 2.40. The zero-order chi connectivity index (χ0) is 21.6. The molecule has 0 saturated heterocycles. The highest BCUT2D eigenvalue weighted by Crippen LogP contribution is 2.20. The highest BCUT2D eigenvalue weighted by Gasteiger charge is 2.21. The van der Waals surface area contributed by atoms with Crippen molar-refractivity contribution in [2.24, 2.45) is 5.41 Å². The van der Waals surface area contributed by atoms with E-state index in [0.717, 1.165) is 0 Å². The highest BCUT2D eigenvalue weighted by atomic mass is 16.2. The smallest absolute Gasteiger partial charge is 0.253 e. The second-order valence-electron chi connectivity index (χ2n) is 7.97. The summed E-state index contributed by atoms with van der Waals surface area (Å²) in [6, 6.07) is 14.0. The number of carbonyl (C=O) groups is 3. The molecule has 0 fully saturated rings. The summed E-state index contributed by atoms with van der Waals surface area (Å²) in [5.41, 5.74) is 1.93. The first-order valence-corrected chi connectivity index (χ1v) is 9.33. The predicted molar refractivity (Wildman–Crippen MR) is 116 cm³/mol. The Balaban J connectivity index is 1.95. The van der Waals surface area contributed by atoms with Crippen molar-refractivity contribution < 1.29 is 14.4 Å². The van der Waals surface area contributed by atoms with Gasteiger partial charge in [-0.2, -0.15) is 0 Å². The third kappa shape index (κ3) is 6.64. The molecule has 7 nitrogen and oxygen atoms in total. The van der Waals surface area contributed by atoms with E-state index < -0.39 is 5.41 Å². The van der Waals surface area contributed by atoms with Crippen LogP contribution in [0.5, 0.6) is 0 Å². The Hall–Kier alpha value is -3.35. The van der Waals surface area contributed by atoms with Gasteiger partial charge in [0.15, 0.2) is 0 Å². The van der Waals surface area contributed by atoms with Gasteiger partial charge in [-0.1, -0.05) is 32.9 Å². The number of nitrogens with one attached hydrogen (secondary N) is 3. The number of anilines is 3. The van der Waals surface area contributed by atoms with Crippen LogP contribution in [0.2, 0.25) is 0 Å². The van der Waals surface area contributed by atoms with Crippen molar-refractivity contribution in [1.29, 1.82) is 0 Å². The maximum Gasteiger partial charge on any atom is 0.253 e. The van der Waals surface area contributed by atoms with Gasteiger partial charge in [0.2, 0.25) is 11.8 Å². The molecule has 154 valence electrons. The van der Waals surface area contributed by atoms with Gasteiger partial charge < -0.3 is 20.9 Å². The van der Waals surface area contributed by atoms with Gasteiger partial charge in [0.1, 0.15) is 0 Å². The van der Waals surface area contributed by atoms with Gasteiger partial charge in [0.05, 0.1) is 6.54 Å². The third-order valence-electron chi connectivity index (χ3n) is 4.05. The van der Waals surface area contributed by atoms with Crippen LogP contribution in [0.15, 0.2) is 48.5 Å². The number of benzene rings is 2. The molecule has 0 radical (unpaired) electrons. The summed E-state index contributed by atoms with van der Waals surface area (Å²) in [7, 11) is 3.35. The summed E-state index contributed by atoms with van der Waals surface area (Å²) in [6.45, 7) is 5.57. The van der Waals surface area contributed by atoms with E-state index in [2.05, 4.69) is 16.0 Å². The average molecular weight is 396 g/mol. The standard InChI is InChI=1S/C22H28N4O3/c1-22(2,3)21(29)25-18-11-7-9-16(13-18)23-14-19(27)24-17-10-6-8-15(12-17)20(28)26(4)5/h6-13,23H,14H2,1-5H3,(H,24,27)(H,25,29). The predicted octanol–water partition coefficient (Wildman–Crippen LogP) is 3.42. The number of amides is 3. The largest absolute Gasteiger partial charge is 0.376 e. The summed E-state index contributed by atoms with van der Waals surface area (Å²) in [5.74, 6) is -0.462. The van der Waals surface area contributed by atoms with E-state index in [0.29, 0.717) is 22.6 Å². The van der Waals surface area contributed by atoms with Crippen LogP contribution in [-0.4, -0.2) is 43.3 Å². The van der Waals surface area contributed by atoms with Gasteiger partial charge in [-0.3, -0.25) is 14.4 Å². The second-order valence-corrected chi connectivity index (χ2v) is 7.97. The van der Waals surface area contributed by atoms with Crippen LogP contribution in [0.25, 0.3) is 0 Å². The molecule has 0 heterocycles. The van der Waals surface area contributed by atoms with E-state index in [1.807, 2.05) is 26.8 Å². The molecule has 2 aromatic carbocycles. The van der Waals surface area contributed by atoms with Crippen LogP contribution >= 0.6 is 0 Å². The van der Waals surface area contributed by atoms with Gasteiger partial charge in [-0.15, -0.1) is 0 Å². The minimum Gasteiger partial charge on any atom is -0.376 e. The van der Waals surface area contributed by atoms with Crippen molar-refractivity contribution in [3.8, 4) is 0 Å². The van der Waals surface area contributed by atoms with Crippen LogP contribution in [0.4, 0.5) is 17.1 Å². The van der Waals surface area contributed by atoms with E-state index in [9.17, 15) is 14.4 Å². The monoisotopic (exact) mass is 396 g/mol. The summed E-state index contributed by atoms with van der Waals surface area (Å²) in [5, 5.41) is 8.67. The lowest BCUT2D eigenvalue weighted by Crippen LogP contribution is -2.27. The Morgan fingerprint density at radius 3 is 2.07 bits per heavy atom. The normalized spacial score (nSPS) is 10.8. The van der Waals surface area contributed by atoms with Gasteiger partial charge in [0, 0.05) is 42.1 Å². The third-order valence-corrected chi connectivity index (χ3v) is 4.05. The first kappa shape index (κ1) is 21.9. The molecule has 0 aliphatic rings. The van der Waals surface area contributed by atoms with E-state index in [-0.39, 0.29) is 24.3 Å². The molecule has 0 atom stereocenters. The zero-order valence-corrected chi connectivity index (χ0v) is 17.5. The quantitative estimate of drug-likeness (QED) is 0.698. The molecule has 0 bridgehead atoms. The number of nitrogens with zero attached hydrogens (tertiary/aromatic N) is 1. The van der Waals surface area contributed by atoms with Crippen molar-refractivity contribution in [2.75, 3.05) is 36.6 Å². The molecule has 2 aromatic rings. The Labute approximate surface area is 171 Å². The molecule has 0 unspecified atom stereocenters. The molecule has 0 aliphatic heterocycles. The van der Waals surface area contributed by atoms with Crippen molar-refractivity contribution in [2.45, 2.75) is 20.8 Å². The van der Waals surface area contributed by atoms with Gasteiger partial charge in [-0.25, -0.2) is 0 Å². The van der Waals surface area contributed by atoms with Crippen LogP contribution in [0.1, 0.15) is 31.1 Å². The molecule has 7 heteroatoms. The average Bonchev–Trinajstić information content (AvgIpc) is 2.65. The summed E-state index contributed by atoms with van der Waals surface area (Å²) in [4.78, 5) is 37.9. The van der Waals surface area contributed by atoms with Crippen LogP contribution < -0.4 is 16.0 Å². The first-order valence-electron chi connectivity index (χ1n) is 9.33. The minimum atomic E-state index is -0.494. The molecule has 0 saturated carbocycles. The van der Waals surface area contributed by atoms with Gasteiger partial charge >= 0.3 is 0 Å². The van der Waals surface area contributed by atoms with Gasteiger partial charge in [-0.05, 0) is 36.4 Å². The molecular weight excluding hydrogens is 368 g/mol. The number of rotatable bonds is 6.